The number of benzene rings is 1. The van der Waals surface area contributed by atoms with Gasteiger partial charge in [0.1, 0.15) is 5.84 Å². The largest absolute Gasteiger partial charge is 0.416 e. The zero-order chi connectivity index (χ0) is 24.3. The fourth-order valence-corrected chi connectivity index (χ4v) is 3.10. The lowest BCUT2D eigenvalue weighted by Gasteiger charge is -2.09. The summed E-state index contributed by atoms with van der Waals surface area (Å²) in [6, 6.07) is 4.54. The van der Waals surface area contributed by atoms with Crippen molar-refractivity contribution in [3.8, 4) is 0 Å². The van der Waals surface area contributed by atoms with Crippen LogP contribution in [0.15, 0.2) is 63.5 Å². The maximum Gasteiger partial charge on any atom is 0.416 e. The number of halogens is 3. The van der Waals surface area contributed by atoms with Crippen LogP contribution in [0, 0.1) is 0 Å². The first kappa shape index (κ1) is 23.4. The first-order valence-electron chi connectivity index (χ1n) is 9.49. The fourth-order valence-electron chi connectivity index (χ4n) is 3.10. The van der Waals surface area contributed by atoms with Crippen LogP contribution in [0.4, 0.5) is 18.9 Å². The molecule has 0 unspecified atom stereocenters. The van der Waals surface area contributed by atoms with Crippen molar-refractivity contribution in [3.63, 3.8) is 0 Å². The van der Waals surface area contributed by atoms with Crippen molar-refractivity contribution < 1.29 is 18.0 Å². The van der Waals surface area contributed by atoms with E-state index in [0.717, 1.165) is 16.7 Å². The van der Waals surface area contributed by atoms with E-state index in [1.54, 1.807) is 0 Å². The summed E-state index contributed by atoms with van der Waals surface area (Å²) in [5.41, 5.74) is 4.50. The van der Waals surface area contributed by atoms with Crippen LogP contribution < -0.4 is 22.3 Å². The van der Waals surface area contributed by atoms with Gasteiger partial charge < -0.3 is 11.1 Å². The van der Waals surface area contributed by atoms with Crippen molar-refractivity contribution in [2.75, 3.05) is 5.32 Å². The summed E-state index contributed by atoms with van der Waals surface area (Å²) >= 11 is 0. The van der Waals surface area contributed by atoms with Crippen LogP contribution in [0.5, 0.6) is 0 Å². The van der Waals surface area contributed by atoms with Crippen molar-refractivity contribution in [3.05, 3.63) is 80.9 Å². The Morgan fingerprint density at radius 3 is 2.64 bits per heavy atom. The van der Waals surface area contributed by atoms with Crippen molar-refractivity contribution in [1.82, 2.24) is 14.1 Å². The Kier molecular flexibility index (Phi) is 6.47. The van der Waals surface area contributed by atoms with Crippen LogP contribution >= 0.6 is 0 Å². The Hall–Kier alpha value is -4.22. The molecule has 2 heterocycles. The minimum Gasteiger partial charge on any atom is -0.384 e. The molecule has 0 radical (unpaired) electrons. The van der Waals surface area contributed by atoms with Crippen molar-refractivity contribution in [1.29, 1.82) is 0 Å². The molecule has 3 N–H and O–H groups in total. The third-order valence-electron chi connectivity index (χ3n) is 4.75. The number of aliphatic imine (C=N–C) groups is 1. The number of carbonyl (C=O) groups is 1. The molecule has 1 aromatic carbocycles. The highest BCUT2D eigenvalue weighted by molar-refractivity contribution is 6.01. The van der Waals surface area contributed by atoms with E-state index in [1.165, 1.54) is 55.5 Å². The van der Waals surface area contributed by atoms with Crippen LogP contribution in [0.25, 0.3) is 10.9 Å². The molecule has 172 valence electrons. The summed E-state index contributed by atoms with van der Waals surface area (Å²) in [5, 5.41) is 2.79. The Morgan fingerprint density at radius 2 is 1.94 bits per heavy atom. The van der Waals surface area contributed by atoms with Gasteiger partial charge in [0.25, 0.3) is 11.5 Å². The zero-order valence-corrected chi connectivity index (χ0v) is 17.6. The van der Waals surface area contributed by atoms with Gasteiger partial charge in [-0.15, -0.1) is 0 Å². The summed E-state index contributed by atoms with van der Waals surface area (Å²) < 4.78 is 40.5. The van der Waals surface area contributed by atoms with E-state index in [9.17, 15) is 27.6 Å². The average molecular weight is 460 g/mol. The number of nitrogens with one attached hydrogen (secondary N) is 1. The quantitative estimate of drug-likeness (QED) is 0.441. The van der Waals surface area contributed by atoms with E-state index >= 15 is 0 Å². The van der Waals surface area contributed by atoms with Crippen LogP contribution in [-0.2, 0) is 31.5 Å². The second-order valence-corrected chi connectivity index (χ2v) is 7.06. The van der Waals surface area contributed by atoms with Crippen molar-refractivity contribution >= 4 is 28.3 Å². The first-order chi connectivity index (χ1) is 15.5. The average Bonchev–Trinajstić information content (AvgIpc) is 2.75. The smallest absolute Gasteiger partial charge is 0.384 e. The number of amides is 1. The van der Waals surface area contributed by atoms with Gasteiger partial charge in [0.2, 0.25) is 0 Å². The second kappa shape index (κ2) is 9.10. The molecule has 0 saturated heterocycles. The summed E-state index contributed by atoms with van der Waals surface area (Å²) in [5.74, 6) is -0.880. The van der Waals surface area contributed by atoms with E-state index in [2.05, 4.69) is 15.3 Å². The predicted molar refractivity (Wildman–Crippen MR) is 117 cm³/mol. The number of fused-ring (bicyclic) bond motifs is 1. The molecule has 3 rings (SSSR count). The molecule has 0 aliphatic heterocycles. The lowest BCUT2D eigenvalue weighted by atomic mass is 10.1. The molecule has 0 aliphatic rings. The summed E-state index contributed by atoms with van der Waals surface area (Å²) in [4.78, 5) is 44.7. The third-order valence-corrected chi connectivity index (χ3v) is 4.75. The van der Waals surface area contributed by atoms with Crippen molar-refractivity contribution in [2.45, 2.75) is 12.6 Å². The lowest BCUT2D eigenvalue weighted by Crippen LogP contribution is -2.37. The monoisotopic (exact) mass is 460 g/mol. The number of anilines is 1. The van der Waals surface area contributed by atoms with Gasteiger partial charge in [-0.1, -0.05) is 6.07 Å². The molecule has 9 nitrogen and oxygen atoms in total. The lowest BCUT2D eigenvalue weighted by molar-refractivity contribution is -0.137. The molecule has 2 aromatic heterocycles. The number of hydrogen-bond acceptors (Lipinski definition) is 5. The van der Waals surface area contributed by atoms with Gasteiger partial charge in [-0.3, -0.25) is 23.7 Å². The highest BCUT2D eigenvalue weighted by Crippen LogP contribution is 2.30. The molecule has 0 atom stereocenters. The van der Waals surface area contributed by atoms with E-state index < -0.39 is 28.9 Å². The molecule has 3 aromatic rings. The Bertz CT molecular complexity index is 1400. The van der Waals surface area contributed by atoms with E-state index in [0.29, 0.717) is 0 Å². The molecule has 0 fully saturated rings. The molecule has 0 saturated carbocycles. The number of amidine groups is 1. The normalized spacial score (nSPS) is 12.5. The number of aromatic nitrogens is 3. The van der Waals surface area contributed by atoms with Gasteiger partial charge in [-0.2, -0.15) is 18.2 Å². The Balaban J connectivity index is 1.77. The SMILES string of the molecule is Cn1c(=O)c2c(CC(=O)N=C(N)/C=C\Nc3cccc(C(F)(F)F)c3)cncc2n(C)c1=O. The first-order valence-corrected chi connectivity index (χ1v) is 9.49. The molecule has 33 heavy (non-hydrogen) atoms. The van der Waals surface area contributed by atoms with Crippen LogP contribution in [-0.4, -0.2) is 25.9 Å². The number of pyridine rings is 1. The van der Waals surface area contributed by atoms with E-state index in [4.69, 9.17) is 5.73 Å². The molecule has 1 amide bonds. The number of carbonyl (C=O) groups excluding carboxylic acids is 1. The minimum atomic E-state index is -4.47. The van der Waals surface area contributed by atoms with Gasteiger partial charge >= 0.3 is 11.9 Å². The van der Waals surface area contributed by atoms with Gasteiger partial charge in [0.15, 0.2) is 0 Å². The van der Waals surface area contributed by atoms with Crippen molar-refractivity contribution in [2.24, 2.45) is 24.8 Å². The topological polar surface area (TPSA) is 124 Å². The highest BCUT2D eigenvalue weighted by Gasteiger charge is 2.30. The second-order valence-electron chi connectivity index (χ2n) is 7.06. The minimum absolute atomic E-state index is 0.165. The van der Waals surface area contributed by atoms with Gasteiger partial charge in [-0.25, -0.2) is 4.79 Å². The Labute approximate surface area is 184 Å². The third kappa shape index (κ3) is 5.17. The van der Waals surface area contributed by atoms with Crippen LogP contribution in [0.2, 0.25) is 0 Å². The van der Waals surface area contributed by atoms with Crippen LogP contribution in [0.3, 0.4) is 0 Å². The molecule has 0 bridgehead atoms. The predicted octanol–water partition coefficient (Wildman–Crippen LogP) is 1.70. The summed E-state index contributed by atoms with van der Waals surface area (Å²) in [6.07, 6.45) is 0.370. The zero-order valence-electron chi connectivity index (χ0n) is 17.6. The van der Waals surface area contributed by atoms with Gasteiger partial charge in [-0.05, 0) is 29.8 Å². The Morgan fingerprint density at radius 1 is 1.21 bits per heavy atom. The fraction of sp³-hybridized carbons (Fsp3) is 0.190. The van der Waals surface area contributed by atoms with E-state index in [-0.39, 0.29) is 34.4 Å². The molecule has 12 heteroatoms. The number of aryl methyl sites for hydroxylation is 1. The number of hydrogen-bond donors (Lipinski definition) is 2. The standard InChI is InChI=1S/C21H19F3N6O3/c1-29-15-11-26-10-12(18(15)19(32)30(2)20(29)33)8-17(31)28-16(25)6-7-27-14-5-3-4-13(9-14)21(22,23)24/h3-7,9-11,27H,8H2,1-2H3,(H2,25,28,31)/b7-6-. The number of rotatable bonds is 5. The molecular weight excluding hydrogens is 441 g/mol. The number of alkyl halides is 3. The summed E-state index contributed by atoms with van der Waals surface area (Å²) in [7, 11) is 2.81. The maximum absolute atomic E-state index is 12.8. The summed E-state index contributed by atoms with van der Waals surface area (Å²) in [6.45, 7) is 0. The number of nitrogens with zero attached hydrogens (tertiary/aromatic N) is 4. The van der Waals surface area contributed by atoms with Gasteiger partial charge in [0.05, 0.1) is 29.1 Å². The van der Waals surface area contributed by atoms with Gasteiger partial charge in [0, 0.05) is 32.2 Å². The number of nitrogens with two attached hydrogens (primary N) is 1. The molecule has 0 spiro atoms. The maximum atomic E-state index is 12.8. The highest BCUT2D eigenvalue weighted by atomic mass is 19.4. The molecule has 0 aliphatic carbocycles. The van der Waals surface area contributed by atoms with Crippen LogP contribution in [0.1, 0.15) is 11.1 Å². The molecular formula is C21H19F3N6O3. The van der Waals surface area contributed by atoms with E-state index in [1.807, 2.05) is 0 Å².